The van der Waals surface area contributed by atoms with Gasteiger partial charge in [0.25, 0.3) is 0 Å². The zero-order chi connectivity index (χ0) is 18.7. The first kappa shape index (κ1) is 18.1. The van der Waals surface area contributed by atoms with Crippen LogP contribution in [-0.4, -0.2) is 16.3 Å². The Morgan fingerprint density at radius 3 is 2.77 bits per heavy atom. The van der Waals surface area contributed by atoms with Crippen molar-refractivity contribution < 1.29 is 4.74 Å². The van der Waals surface area contributed by atoms with Crippen molar-refractivity contribution in [2.45, 2.75) is 39.2 Å². The summed E-state index contributed by atoms with van der Waals surface area (Å²) in [4.78, 5) is 0. The van der Waals surface area contributed by atoms with Crippen LogP contribution in [0.15, 0.2) is 48.6 Å². The lowest BCUT2D eigenvalue weighted by atomic mass is 10.0. The van der Waals surface area contributed by atoms with E-state index in [2.05, 4.69) is 29.4 Å². The third-order valence-corrected chi connectivity index (χ3v) is 5.23. The first-order chi connectivity index (χ1) is 12.5. The minimum absolute atomic E-state index is 0.0161. The number of aromatic nitrogens is 2. The number of nitriles is 1. The van der Waals surface area contributed by atoms with E-state index in [9.17, 15) is 5.26 Å². The monoisotopic (exact) mass is 363 g/mol. The Morgan fingerprint density at radius 1 is 1.35 bits per heavy atom. The first-order valence-electron chi connectivity index (χ1n) is 8.62. The van der Waals surface area contributed by atoms with Gasteiger partial charge in [-0.3, -0.25) is 0 Å². The Balaban J connectivity index is 1.96. The number of benzene rings is 1. The average molecular weight is 363 g/mol. The Morgan fingerprint density at radius 2 is 2.15 bits per heavy atom. The maximum atomic E-state index is 9.41. The molecule has 0 radical (unpaired) electrons. The second kappa shape index (κ2) is 7.67. The number of hydrogen-bond donors (Lipinski definition) is 0. The van der Waals surface area contributed by atoms with Crippen LogP contribution in [0.25, 0.3) is 16.1 Å². The number of nitrogens with zero attached hydrogens (tertiary/aromatic N) is 3. The largest absolute Gasteiger partial charge is 0.490 e. The van der Waals surface area contributed by atoms with Crippen LogP contribution in [0, 0.1) is 11.3 Å². The fraction of sp³-hybridized carbons (Fsp3) is 0.286. The molecule has 0 spiro atoms. The van der Waals surface area contributed by atoms with Crippen LogP contribution in [0.3, 0.4) is 0 Å². The Kier molecular flexibility index (Phi) is 5.34. The van der Waals surface area contributed by atoms with Gasteiger partial charge in [-0.1, -0.05) is 36.1 Å². The summed E-state index contributed by atoms with van der Waals surface area (Å²) in [5, 5.41) is 19.7. The van der Waals surface area contributed by atoms with E-state index in [-0.39, 0.29) is 6.10 Å². The highest BCUT2D eigenvalue weighted by Crippen LogP contribution is 2.38. The molecule has 0 aliphatic heterocycles. The van der Waals surface area contributed by atoms with Gasteiger partial charge in [0.2, 0.25) is 0 Å². The maximum Gasteiger partial charge on any atom is 0.148 e. The molecule has 1 fully saturated rings. The number of ether oxygens (including phenoxy) is 1. The van der Waals surface area contributed by atoms with Crippen molar-refractivity contribution >= 4 is 16.9 Å². The maximum absolute atomic E-state index is 9.41. The van der Waals surface area contributed by atoms with Gasteiger partial charge >= 0.3 is 0 Å². The summed E-state index contributed by atoms with van der Waals surface area (Å²) in [6, 6.07) is 7.73. The Hall–Kier alpha value is -2.71. The second-order valence-corrected chi connectivity index (χ2v) is 7.43. The van der Waals surface area contributed by atoms with Gasteiger partial charge in [0.05, 0.1) is 11.7 Å². The van der Waals surface area contributed by atoms with E-state index in [1.807, 2.05) is 32.1 Å². The molecule has 1 saturated carbocycles. The number of allylic oxidation sites excluding steroid dienone is 4. The molecule has 0 saturated heterocycles. The molecule has 0 bridgehead atoms. The van der Waals surface area contributed by atoms with E-state index >= 15 is 0 Å². The van der Waals surface area contributed by atoms with Crippen molar-refractivity contribution in [3.8, 4) is 22.4 Å². The van der Waals surface area contributed by atoms with Gasteiger partial charge in [-0.05, 0) is 56.9 Å². The van der Waals surface area contributed by atoms with Crippen LogP contribution in [-0.2, 0) is 0 Å². The van der Waals surface area contributed by atoms with E-state index in [0.29, 0.717) is 11.3 Å². The van der Waals surface area contributed by atoms with Crippen LogP contribution in [0.1, 0.15) is 43.7 Å². The number of rotatable bonds is 5. The summed E-state index contributed by atoms with van der Waals surface area (Å²) in [6.07, 6.45) is 5.02. The minimum Gasteiger partial charge on any atom is -0.490 e. The van der Waals surface area contributed by atoms with E-state index in [0.717, 1.165) is 40.4 Å². The van der Waals surface area contributed by atoms with Crippen molar-refractivity contribution in [2.75, 3.05) is 0 Å². The third kappa shape index (κ3) is 3.61. The van der Waals surface area contributed by atoms with Crippen LogP contribution in [0.4, 0.5) is 0 Å². The summed E-state index contributed by atoms with van der Waals surface area (Å²) in [5.74, 6) is 0.590. The van der Waals surface area contributed by atoms with Gasteiger partial charge in [-0.15, -0.1) is 10.2 Å². The van der Waals surface area contributed by atoms with E-state index in [4.69, 9.17) is 4.74 Å². The smallest absolute Gasteiger partial charge is 0.148 e. The van der Waals surface area contributed by atoms with Crippen molar-refractivity contribution in [2.24, 2.45) is 0 Å². The Bertz CT molecular complexity index is 931. The zero-order valence-electron chi connectivity index (χ0n) is 15.1. The minimum atomic E-state index is 0.0161. The molecule has 0 N–H and O–H groups in total. The normalized spacial score (nSPS) is 15.8. The molecule has 1 aromatic carbocycles. The summed E-state index contributed by atoms with van der Waals surface area (Å²) in [5.41, 5.74) is 4.79. The highest BCUT2D eigenvalue weighted by atomic mass is 32.1. The van der Waals surface area contributed by atoms with Gasteiger partial charge in [-0.2, -0.15) is 5.26 Å². The summed E-state index contributed by atoms with van der Waals surface area (Å²) < 4.78 is 5.68. The molecule has 0 amide bonds. The van der Waals surface area contributed by atoms with Crippen LogP contribution in [0.5, 0.6) is 5.75 Å². The van der Waals surface area contributed by atoms with E-state index in [1.54, 1.807) is 6.07 Å². The molecule has 1 aliphatic rings. The fourth-order valence-electron chi connectivity index (χ4n) is 3.03. The lowest BCUT2D eigenvalue weighted by molar-refractivity contribution is 0.242. The topological polar surface area (TPSA) is 58.8 Å². The molecule has 3 rings (SSSR count). The Labute approximate surface area is 158 Å². The predicted octanol–water partition coefficient (Wildman–Crippen LogP) is 5.54. The molecule has 26 heavy (non-hydrogen) atoms. The van der Waals surface area contributed by atoms with Gasteiger partial charge < -0.3 is 4.74 Å². The van der Waals surface area contributed by atoms with Crippen LogP contribution < -0.4 is 4.74 Å². The van der Waals surface area contributed by atoms with Gasteiger partial charge in [0, 0.05) is 11.1 Å². The van der Waals surface area contributed by atoms with E-state index < -0.39 is 0 Å². The van der Waals surface area contributed by atoms with Crippen LogP contribution in [0.2, 0.25) is 0 Å². The zero-order valence-corrected chi connectivity index (χ0v) is 15.9. The summed E-state index contributed by atoms with van der Waals surface area (Å²) in [7, 11) is 0. The molecule has 1 heterocycles. The highest BCUT2D eigenvalue weighted by Gasteiger charge is 2.19. The van der Waals surface area contributed by atoms with Crippen molar-refractivity contribution in [3.63, 3.8) is 0 Å². The second-order valence-electron chi connectivity index (χ2n) is 6.46. The third-order valence-electron chi connectivity index (χ3n) is 4.23. The molecular weight excluding hydrogens is 342 g/mol. The molecule has 0 unspecified atom stereocenters. The molecule has 132 valence electrons. The molecule has 0 atom stereocenters. The van der Waals surface area contributed by atoms with Gasteiger partial charge in [0.15, 0.2) is 0 Å². The molecule has 4 nitrogen and oxygen atoms in total. The van der Waals surface area contributed by atoms with Gasteiger partial charge in [-0.25, -0.2) is 0 Å². The van der Waals surface area contributed by atoms with Crippen molar-refractivity contribution in [3.05, 3.63) is 59.2 Å². The van der Waals surface area contributed by atoms with Crippen molar-refractivity contribution in [1.82, 2.24) is 10.2 Å². The van der Waals surface area contributed by atoms with E-state index in [1.165, 1.54) is 22.5 Å². The lowest BCUT2D eigenvalue weighted by Crippen LogP contribution is -2.06. The van der Waals surface area contributed by atoms with Gasteiger partial charge in [0.1, 0.15) is 21.8 Å². The molecule has 5 heteroatoms. The molecular formula is C21H21N3OS. The SMILES string of the molecule is C=C/C(=C1/CCCC1=C)c1nnc(-c2ccc(OC(C)C)c(C#N)c2)s1. The highest BCUT2D eigenvalue weighted by molar-refractivity contribution is 7.15. The molecule has 1 aliphatic carbocycles. The fourth-order valence-corrected chi connectivity index (χ4v) is 3.93. The standard InChI is InChI=1S/C21H21N3OS/c1-5-17(18-8-6-7-14(18)4)21-24-23-20(26-21)15-9-10-19(25-13(2)3)16(11-15)12-22/h5,9-11,13H,1,4,6-8H2,2-3H3/b18-17+. The van der Waals surface area contributed by atoms with Crippen molar-refractivity contribution in [1.29, 1.82) is 5.26 Å². The number of hydrogen-bond acceptors (Lipinski definition) is 5. The lowest BCUT2D eigenvalue weighted by Gasteiger charge is -2.11. The molecule has 2 aromatic rings. The van der Waals surface area contributed by atoms with Crippen LogP contribution >= 0.6 is 11.3 Å². The summed E-state index contributed by atoms with van der Waals surface area (Å²) >= 11 is 1.50. The predicted molar refractivity (Wildman–Crippen MR) is 106 cm³/mol. The quantitative estimate of drug-likeness (QED) is 0.699. The molecule has 1 aromatic heterocycles. The summed E-state index contributed by atoms with van der Waals surface area (Å²) in [6.45, 7) is 12.0. The average Bonchev–Trinajstić information content (AvgIpc) is 3.26. The first-order valence-corrected chi connectivity index (χ1v) is 9.44.